The van der Waals surface area contributed by atoms with Gasteiger partial charge in [-0.3, -0.25) is 9.79 Å². The Morgan fingerprint density at radius 1 is 1.16 bits per heavy atom. The Kier molecular flexibility index (Phi) is 8.76. The number of hydrogen-bond donors (Lipinski definition) is 0. The zero-order valence-electron chi connectivity index (χ0n) is 18.3. The summed E-state index contributed by atoms with van der Waals surface area (Å²) in [6.07, 6.45) is 0.674. The first-order valence-corrected chi connectivity index (χ1v) is 10.0. The number of nitrogens with zero attached hydrogens (tertiary/aromatic N) is 1. The summed E-state index contributed by atoms with van der Waals surface area (Å²) in [6, 6.07) is 14.7. The maximum Gasteiger partial charge on any atom is 0.416 e. The molecule has 3 nitrogen and oxygen atoms in total. The molecule has 32 heavy (non-hydrogen) atoms. The van der Waals surface area contributed by atoms with Crippen molar-refractivity contribution in [2.45, 2.75) is 32.4 Å². The number of ketones is 1. The highest BCUT2D eigenvalue weighted by Gasteiger charge is 2.30. The fraction of sp³-hybridized carbons (Fsp3) is 0.231. The van der Waals surface area contributed by atoms with Gasteiger partial charge in [0.2, 0.25) is 5.78 Å². The van der Waals surface area contributed by atoms with E-state index in [1.54, 1.807) is 25.3 Å². The Morgan fingerprint density at radius 3 is 2.47 bits per heavy atom. The molecule has 6 heteroatoms. The Labute approximate surface area is 186 Å². The van der Waals surface area contributed by atoms with E-state index < -0.39 is 23.4 Å². The van der Waals surface area contributed by atoms with Gasteiger partial charge >= 0.3 is 6.18 Å². The second-order valence-electron chi connectivity index (χ2n) is 7.25. The first-order valence-electron chi connectivity index (χ1n) is 10.0. The largest absolute Gasteiger partial charge is 0.493 e. The van der Waals surface area contributed by atoms with Gasteiger partial charge in [-0.05, 0) is 36.6 Å². The van der Waals surface area contributed by atoms with Gasteiger partial charge < -0.3 is 4.74 Å². The Hall–Kier alpha value is -3.41. The van der Waals surface area contributed by atoms with Crippen molar-refractivity contribution in [3.8, 4) is 0 Å². The summed E-state index contributed by atoms with van der Waals surface area (Å²) in [5.41, 5.74) is 1.82. The van der Waals surface area contributed by atoms with E-state index in [1.165, 1.54) is 19.3 Å². The predicted molar refractivity (Wildman–Crippen MR) is 122 cm³/mol. The maximum atomic E-state index is 13.0. The third kappa shape index (κ3) is 7.08. The fourth-order valence-electron chi connectivity index (χ4n) is 2.94. The number of methoxy groups -OCH3 is 1. The van der Waals surface area contributed by atoms with Gasteiger partial charge in [-0.15, -0.1) is 0 Å². The minimum atomic E-state index is -4.43. The minimum absolute atomic E-state index is 0.0391. The molecular formula is C26H26F3NO2. The van der Waals surface area contributed by atoms with E-state index in [4.69, 9.17) is 4.74 Å². The number of Topliss-reactive ketones (excluding diaryl/α,β-unsaturated/α-hetero) is 1. The highest BCUT2D eigenvalue weighted by atomic mass is 19.4. The normalized spacial score (nSPS) is 13.8. The zero-order valence-corrected chi connectivity index (χ0v) is 18.3. The lowest BCUT2D eigenvalue weighted by atomic mass is 9.96. The van der Waals surface area contributed by atoms with Crippen molar-refractivity contribution < 1.29 is 22.7 Å². The zero-order chi connectivity index (χ0) is 23.7. The van der Waals surface area contributed by atoms with E-state index >= 15 is 0 Å². The van der Waals surface area contributed by atoms with Gasteiger partial charge in [0.25, 0.3) is 0 Å². The number of halogens is 3. The second-order valence-corrected chi connectivity index (χ2v) is 7.25. The molecule has 0 fully saturated rings. The lowest BCUT2D eigenvalue weighted by Gasteiger charge is -2.13. The molecule has 0 N–H and O–H groups in total. The third-order valence-corrected chi connectivity index (χ3v) is 4.84. The highest BCUT2D eigenvalue weighted by molar-refractivity contribution is 6.06. The van der Waals surface area contributed by atoms with E-state index in [2.05, 4.69) is 11.6 Å². The van der Waals surface area contributed by atoms with Crippen molar-refractivity contribution in [3.63, 3.8) is 0 Å². The number of benzene rings is 2. The molecule has 0 spiro atoms. The van der Waals surface area contributed by atoms with E-state index in [-0.39, 0.29) is 17.8 Å². The molecule has 0 radical (unpaired) electrons. The molecule has 0 saturated heterocycles. The van der Waals surface area contributed by atoms with Crippen molar-refractivity contribution in [2.24, 2.45) is 4.99 Å². The highest BCUT2D eigenvalue weighted by Crippen LogP contribution is 2.31. The molecule has 1 atom stereocenters. The van der Waals surface area contributed by atoms with Crippen LogP contribution in [0.15, 0.2) is 95.9 Å². The van der Waals surface area contributed by atoms with Crippen molar-refractivity contribution >= 4 is 11.5 Å². The molecule has 0 heterocycles. The first kappa shape index (κ1) is 24.9. The first-order chi connectivity index (χ1) is 15.1. The molecule has 2 aromatic carbocycles. The van der Waals surface area contributed by atoms with E-state index in [0.717, 1.165) is 23.4 Å². The average Bonchev–Trinajstić information content (AvgIpc) is 2.79. The summed E-state index contributed by atoms with van der Waals surface area (Å²) < 4.78 is 44.1. The number of ether oxygens (including phenoxy) is 1. The molecule has 0 bridgehead atoms. The van der Waals surface area contributed by atoms with Crippen molar-refractivity contribution in [2.75, 3.05) is 7.11 Å². The van der Waals surface area contributed by atoms with Crippen molar-refractivity contribution in [1.82, 2.24) is 0 Å². The fourth-order valence-corrected chi connectivity index (χ4v) is 2.94. The smallest absolute Gasteiger partial charge is 0.416 e. The van der Waals surface area contributed by atoms with Gasteiger partial charge in [0.1, 0.15) is 0 Å². The molecule has 168 valence electrons. The summed E-state index contributed by atoms with van der Waals surface area (Å²) in [5, 5.41) is 0. The van der Waals surface area contributed by atoms with E-state index in [9.17, 15) is 18.0 Å². The van der Waals surface area contributed by atoms with Gasteiger partial charge in [-0.2, -0.15) is 13.2 Å². The SMILES string of the molecule is C=C(CC=CN=C(C)c1ccccc1)C(=O)C(=CC(C)c1cccc(C(F)(F)F)c1)OC. The van der Waals surface area contributed by atoms with Crippen LogP contribution < -0.4 is 0 Å². The van der Waals surface area contributed by atoms with E-state index in [0.29, 0.717) is 5.56 Å². The molecule has 0 aliphatic carbocycles. The predicted octanol–water partition coefficient (Wildman–Crippen LogP) is 6.88. The van der Waals surface area contributed by atoms with Gasteiger partial charge in [0.15, 0.2) is 5.76 Å². The van der Waals surface area contributed by atoms with Gasteiger partial charge in [-0.1, -0.05) is 68.1 Å². The molecule has 0 aliphatic rings. The number of hydrogen-bond acceptors (Lipinski definition) is 3. The van der Waals surface area contributed by atoms with Crippen LogP contribution >= 0.6 is 0 Å². The van der Waals surface area contributed by atoms with Crippen LogP contribution in [0.1, 0.15) is 42.9 Å². The lowest BCUT2D eigenvalue weighted by molar-refractivity contribution is -0.137. The molecule has 0 aromatic heterocycles. The molecule has 0 saturated carbocycles. The van der Waals surface area contributed by atoms with Crippen LogP contribution in [0, 0.1) is 0 Å². The summed E-state index contributed by atoms with van der Waals surface area (Å²) >= 11 is 0. The number of rotatable bonds is 9. The maximum absolute atomic E-state index is 13.0. The van der Waals surface area contributed by atoms with Crippen molar-refractivity contribution in [3.05, 3.63) is 108 Å². The van der Waals surface area contributed by atoms with Gasteiger partial charge in [-0.25, -0.2) is 0 Å². The number of carbonyl (C=O) groups is 1. The van der Waals surface area contributed by atoms with Crippen LogP contribution in [0.5, 0.6) is 0 Å². The van der Waals surface area contributed by atoms with Crippen LogP contribution in [0.2, 0.25) is 0 Å². The molecule has 0 aliphatic heterocycles. The number of aliphatic imine (C=N–C) groups is 1. The van der Waals surface area contributed by atoms with Gasteiger partial charge in [0, 0.05) is 23.4 Å². The number of allylic oxidation sites excluding steroid dienone is 3. The Balaban J connectivity index is 2.06. The Bertz CT molecular complexity index is 1030. The van der Waals surface area contributed by atoms with Crippen LogP contribution in [0.3, 0.4) is 0 Å². The van der Waals surface area contributed by atoms with Crippen LogP contribution in [-0.2, 0) is 15.7 Å². The molecule has 1 unspecified atom stereocenters. The topological polar surface area (TPSA) is 38.7 Å². The third-order valence-electron chi connectivity index (χ3n) is 4.84. The van der Waals surface area contributed by atoms with Gasteiger partial charge in [0.05, 0.1) is 12.7 Å². The number of alkyl halides is 3. The summed E-state index contributed by atoms with van der Waals surface area (Å²) in [6.45, 7) is 7.40. The molecule has 2 rings (SSSR count). The average molecular weight is 441 g/mol. The monoisotopic (exact) mass is 441 g/mol. The van der Waals surface area contributed by atoms with Crippen molar-refractivity contribution in [1.29, 1.82) is 0 Å². The number of carbonyl (C=O) groups excluding carboxylic acids is 1. The molecule has 0 amide bonds. The quantitative estimate of drug-likeness (QED) is 0.242. The minimum Gasteiger partial charge on any atom is -0.493 e. The Morgan fingerprint density at radius 2 is 1.84 bits per heavy atom. The lowest BCUT2D eigenvalue weighted by Crippen LogP contribution is -2.09. The summed E-state index contributed by atoms with van der Waals surface area (Å²) in [5.74, 6) is -0.824. The van der Waals surface area contributed by atoms with E-state index in [1.807, 2.05) is 37.3 Å². The summed E-state index contributed by atoms with van der Waals surface area (Å²) in [7, 11) is 1.35. The van der Waals surface area contributed by atoms with Crippen LogP contribution in [0.25, 0.3) is 0 Å². The van der Waals surface area contributed by atoms with Crippen LogP contribution in [0.4, 0.5) is 13.2 Å². The standard InChI is InChI=1S/C26H26F3NO2/c1-18(10-9-15-30-20(3)21-11-6-5-7-12-21)25(31)24(32-4)16-19(2)22-13-8-14-23(17-22)26(27,28)29/h5-9,11-17,19H,1,10H2,2-4H3. The second kappa shape index (κ2) is 11.3. The molecular weight excluding hydrogens is 415 g/mol. The van der Waals surface area contributed by atoms with Crippen LogP contribution in [-0.4, -0.2) is 18.6 Å². The molecule has 2 aromatic rings. The summed E-state index contributed by atoms with van der Waals surface area (Å²) in [4.78, 5) is 17.0.